The monoisotopic (exact) mass is 310 g/mol. The van der Waals surface area contributed by atoms with Crippen LogP contribution in [-0.4, -0.2) is 33.3 Å². The lowest BCUT2D eigenvalue weighted by molar-refractivity contribution is 0.116. The van der Waals surface area contributed by atoms with Crippen molar-refractivity contribution < 1.29 is 4.74 Å². The third-order valence-electron chi connectivity index (χ3n) is 4.96. The van der Waals surface area contributed by atoms with Gasteiger partial charge in [-0.25, -0.2) is 4.98 Å². The molecule has 1 atom stereocenters. The Morgan fingerprint density at radius 2 is 2.26 bits per heavy atom. The predicted molar refractivity (Wildman–Crippen MR) is 89.6 cm³/mol. The van der Waals surface area contributed by atoms with Crippen molar-refractivity contribution in [3.8, 4) is 5.75 Å². The molecule has 0 saturated carbocycles. The molecule has 0 radical (unpaired) electrons. The van der Waals surface area contributed by atoms with E-state index in [1.54, 1.807) is 0 Å². The number of imidazole rings is 1. The quantitative estimate of drug-likeness (QED) is 0.946. The molecule has 3 heterocycles. The summed E-state index contributed by atoms with van der Waals surface area (Å²) in [5.74, 6) is 0.965. The molecule has 0 spiro atoms. The zero-order chi connectivity index (χ0) is 15.7. The van der Waals surface area contributed by atoms with Crippen LogP contribution in [0.3, 0.4) is 0 Å². The molecular formula is C18H22N4O. The van der Waals surface area contributed by atoms with Crippen LogP contribution in [-0.2, 0) is 6.54 Å². The molecule has 2 bridgehead atoms. The van der Waals surface area contributed by atoms with Crippen LogP contribution in [0.4, 0.5) is 0 Å². The van der Waals surface area contributed by atoms with Crippen molar-refractivity contribution in [2.24, 2.45) is 0 Å². The van der Waals surface area contributed by atoms with Crippen LogP contribution < -0.4 is 10.1 Å². The van der Waals surface area contributed by atoms with E-state index in [4.69, 9.17) is 4.74 Å². The lowest BCUT2D eigenvalue weighted by Gasteiger charge is -2.39. The highest BCUT2D eigenvalue weighted by molar-refractivity contribution is 5.70. The molecule has 4 rings (SSSR count). The van der Waals surface area contributed by atoms with E-state index < -0.39 is 0 Å². The van der Waals surface area contributed by atoms with E-state index in [2.05, 4.69) is 51.1 Å². The maximum Gasteiger partial charge on any atom is 0.128 e. The van der Waals surface area contributed by atoms with Crippen LogP contribution >= 0.6 is 0 Å². The number of benzene rings is 1. The van der Waals surface area contributed by atoms with Crippen LogP contribution in [0.15, 0.2) is 49.2 Å². The zero-order valence-corrected chi connectivity index (χ0v) is 13.4. The largest absolute Gasteiger partial charge is 0.493 e. The average molecular weight is 310 g/mol. The molecule has 0 saturated heterocycles. The van der Waals surface area contributed by atoms with Crippen LogP contribution in [0.5, 0.6) is 5.75 Å². The molecule has 1 aromatic heterocycles. The fourth-order valence-electron chi connectivity index (χ4n) is 3.33. The van der Waals surface area contributed by atoms with Gasteiger partial charge in [-0.05, 0) is 25.5 Å². The summed E-state index contributed by atoms with van der Waals surface area (Å²) in [5.41, 5.74) is 2.35. The highest BCUT2D eigenvalue weighted by Crippen LogP contribution is 2.34. The summed E-state index contributed by atoms with van der Waals surface area (Å²) in [4.78, 5) is 6.55. The highest BCUT2D eigenvalue weighted by atomic mass is 16.5. The zero-order valence-electron chi connectivity index (χ0n) is 13.4. The Labute approximate surface area is 136 Å². The van der Waals surface area contributed by atoms with E-state index in [0.29, 0.717) is 0 Å². The first-order chi connectivity index (χ1) is 11.2. The second-order valence-corrected chi connectivity index (χ2v) is 6.49. The molecule has 0 fully saturated rings. The van der Waals surface area contributed by atoms with Crippen molar-refractivity contribution in [2.45, 2.75) is 31.8 Å². The summed E-state index contributed by atoms with van der Waals surface area (Å²) in [7, 11) is 0. The van der Waals surface area contributed by atoms with Crippen molar-refractivity contribution in [2.75, 3.05) is 13.3 Å². The maximum absolute atomic E-state index is 6.07. The Bertz CT molecular complexity index is 710. The van der Waals surface area contributed by atoms with Crippen LogP contribution in [0.2, 0.25) is 0 Å². The Kier molecular flexibility index (Phi) is 3.48. The Hall–Kier alpha value is -2.43. The number of aromatic nitrogens is 2. The molecule has 1 unspecified atom stereocenters. The first-order valence-corrected chi connectivity index (χ1v) is 8.15. The molecule has 23 heavy (non-hydrogen) atoms. The molecular weight excluding hydrogens is 288 g/mol. The van der Waals surface area contributed by atoms with Gasteiger partial charge in [-0.1, -0.05) is 12.1 Å². The molecule has 2 aliphatic rings. The summed E-state index contributed by atoms with van der Waals surface area (Å²) in [6.07, 6.45) is 10.0. The number of nitrogens with zero attached hydrogens (tertiary/aromatic N) is 3. The number of rotatable bonds is 3. The Balaban J connectivity index is 1.59. The van der Waals surface area contributed by atoms with Gasteiger partial charge in [-0.3, -0.25) is 0 Å². The van der Waals surface area contributed by atoms with Gasteiger partial charge in [0.2, 0.25) is 0 Å². The standard InChI is InChI=1S/C18H22N4O/c1-18(6-9-21-10-8-19-13-21)7-11-23-17-5-3-2-4-15(17)16-12-22(18)14-20-16/h2-5,8,10,12-13,20H,6-7,9,11,14H2,1H3. The SMILES string of the molecule is CC1(CCn2ccnc2)CCOc2ccccc2C2=CN1CN2. The second-order valence-electron chi connectivity index (χ2n) is 6.49. The van der Waals surface area contributed by atoms with Gasteiger partial charge in [0, 0.05) is 42.7 Å². The minimum Gasteiger partial charge on any atom is -0.493 e. The number of ether oxygens (including phenoxy) is 1. The predicted octanol–water partition coefficient (Wildman–Crippen LogP) is 2.68. The van der Waals surface area contributed by atoms with Gasteiger partial charge in [0.15, 0.2) is 0 Å². The molecule has 2 aromatic rings. The van der Waals surface area contributed by atoms with Gasteiger partial charge in [0.1, 0.15) is 5.75 Å². The van der Waals surface area contributed by atoms with E-state index in [9.17, 15) is 0 Å². The highest BCUT2D eigenvalue weighted by Gasteiger charge is 2.34. The van der Waals surface area contributed by atoms with E-state index in [1.807, 2.05) is 24.8 Å². The number of hydrogen-bond donors (Lipinski definition) is 1. The lowest BCUT2D eigenvalue weighted by atomic mass is 9.92. The van der Waals surface area contributed by atoms with Crippen LogP contribution in [0, 0.1) is 0 Å². The normalized spacial score (nSPS) is 23.0. The first kappa shape index (κ1) is 14.2. The third kappa shape index (κ3) is 2.67. The summed E-state index contributed by atoms with van der Waals surface area (Å²) in [6.45, 7) is 4.87. The smallest absolute Gasteiger partial charge is 0.128 e. The van der Waals surface area contributed by atoms with Crippen LogP contribution in [0.1, 0.15) is 25.3 Å². The van der Waals surface area contributed by atoms with Crippen LogP contribution in [0.25, 0.3) is 5.70 Å². The molecule has 2 aliphatic heterocycles. The van der Waals surface area contributed by atoms with Gasteiger partial charge in [-0.15, -0.1) is 0 Å². The molecule has 0 amide bonds. The number of fused-ring (bicyclic) bond motifs is 3. The van der Waals surface area contributed by atoms with Gasteiger partial charge in [-0.2, -0.15) is 0 Å². The van der Waals surface area contributed by atoms with Crippen molar-refractivity contribution in [1.82, 2.24) is 19.8 Å². The fraction of sp³-hybridized carbons (Fsp3) is 0.389. The molecule has 1 N–H and O–H groups in total. The van der Waals surface area contributed by atoms with Crippen molar-refractivity contribution in [3.63, 3.8) is 0 Å². The van der Waals surface area contributed by atoms with Crippen molar-refractivity contribution in [3.05, 3.63) is 54.7 Å². The van der Waals surface area contributed by atoms with Crippen molar-refractivity contribution in [1.29, 1.82) is 0 Å². The Morgan fingerprint density at radius 3 is 3.13 bits per heavy atom. The van der Waals surface area contributed by atoms with E-state index in [1.165, 1.54) is 0 Å². The molecule has 5 heteroatoms. The van der Waals surface area contributed by atoms with E-state index in [0.717, 1.165) is 49.7 Å². The van der Waals surface area contributed by atoms with Gasteiger partial charge < -0.3 is 19.5 Å². The van der Waals surface area contributed by atoms with Crippen molar-refractivity contribution >= 4 is 5.70 Å². The number of nitrogens with one attached hydrogen (secondary N) is 1. The second kappa shape index (κ2) is 5.65. The summed E-state index contributed by atoms with van der Waals surface area (Å²) >= 11 is 0. The topological polar surface area (TPSA) is 42.3 Å². The maximum atomic E-state index is 6.07. The summed E-state index contributed by atoms with van der Waals surface area (Å²) < 4.78 is 8.21. The third-order valence-corrected chi connectivity index (χ3v) is 4.96. The molecule has 1 aromatic carbocycles. The number of para-hydroxylation sites is 1. The fourth-order valence-corrected chi connectivity index (χ4v) is 3.33. The average Bonchev–Trinajstić information content (AvgIpc) is 3.25. The first-order valence-electron chi connectivity index (χ1n) is 8.15. The van der Waals surface area contributed by atoms with E-state index >= 15 is 0 Å². The number of aryl methyl sites for hydroxylation is 1. The number of hydrogen-bond acceptors (Lipinski definition) is 4. The van der Waals surface area contributed by atoms with E-state index in [-0.39, 0.29) is 5.54 Å². The molecule has 5 nitrogen and oxygen atoms in total. The minimum absolute atomic E-state index is 0.0566. The van der Waals surface area contributed by atoms with Gasteiger partial charge in [0.05, 0.1) is 25.3 Å². The molecule has 120 valence electrons. The van der Waals surface area contributed by atoms with Gasteiger partial charge in [0.25, 0.3) is 0 Å². The minimum atomic E-state index is 0.0566. The Morgan fingerprint density at radius 1 is 1.35 bits per heavy atom. The summed E-state index contributed by atoms with van der Waals surface area (Å²) in [5, 5.41) is 3.52. The molecule has 0 aliphatic carbocycles. The lowest BCUT2D eigenvalue weighted by Crippen LogP contribution is -2.45. The summed E-state index contributed by atoms with van der Waals surface area (Å²) in [6, 6.07) is 8.26. The van der Waals surface area contributed by atoms with Gasteiger partial charge >= 0.3 is 0 Å².